The summed E-state index contributed by atoms with van der Waals surface area (Å²) in [5, 5.41) is 2.99. The Kier molecular flexibility index (Phi) is 5.96. The number of rotatable bonds is 8. The Morgan fingerprint density at radius 1 is 1.37 bits per heavy atom. The molecule has 0 atom stereocenters. The molecule has 0 aliphatic heterocycles. The number of aromatic nitrogens is 2. The molecule has 3 rings (SSSR count). The van der Waals surface area contributed by atoms with Crippen molar-refractivity contribution in [2.45, 2.75) is 25.5 Å². The molecule has 9 heteroatoms. The number of ether oxygens (including phenoxy) is 1. The molecule has 1 heterocycles. The molecule has 2 aromatic rings. The number of nitrogens with zero attached hydrogens (tertiary/aromatic N) is 3. The standard InChI is InChI=1S/C18H21ClF2N4O2/c1-24(2)8-7-22-18-23-16(15(19)17(26)25(18)13-5-6-13)27-10-11-3-4-12(20)9-14(11)21/h3-4,9,13H,5-8,10H2,1-2H3,(H,22,23). The molecule has 1 aliphatic rings. The summed E-state index contributed by atoms with van der Waals surface area (Å²) in [6.45, 7) is 1.11. The molecule has 146 valence electrons. The average molecular weight is 399 g/mol. The minimum atomic E-state index is -0.734. The molecule has 0 bridgehead atoms. The highest BCUT2D eigenvalue weighted by atomic mass is 35.5. The fourth-order valence-electron chi connectivity index (χ4n) is 2.56. The predicted molar refractivity (Wildman–Crippen MR) is 99.5 cm³/mol. The van der Waals surface area contributed by atoms with Gasteiger partial charge in [0.25, 0.3) is 5.56 Å². The molecule has 0 amide bonds. The zero-order valence-electron chi connectivity index (χ0n) is 15.1. The van der Waals surface area contributed by atoms with Crippen LogP contribution in [0.2, 0.25) is 5.02 Å². The quantitative estimate of drug-likeness (QED) is 0.740. The van der Waals surface area contributed by atoms with Gasteiger partial charge in [0, 0.05) is 30.8 Å². The Labute approximate surface area is 160 Å². The predicted octanol–water partition coefficient (Wildman–Crippen LogP) is 3.06. The summed E-state index contributed by atoms with van der Waals surface area (Å²) >= 11 is 6.15. The van der Waals surface area contributed by atoms with Crippen molar-refractivity contribution in [2.24, 2.45) is 0 Å². The van der Waals surface area contributed by atoms with Crippen LogP contribution in [0.1, 0.15) is 24.4 Å². The Bertz CT molecular complexity index is 884. The molecule has 1 aliphatic carbocycles. The fourth-order valence-corrected chi connectivity index (χ4v) is 2.75. The van der Waals surface area contributed by atoms with Gasteiger partial charge in [-0.15, -0.1) is 0 Å². The minimum absolute atomic E-state index is 0.0744. The fraction of sp³-hybridized carbons (Fsp3) is 0.444. The van der Waals surface area contributed by atoms with Gasteiger partial charge >= 0.3 is 0 Å². The third-order valence-corrected chi connectivity index (χ3v) is 4.49. The summed E-state index contributed by atoms with van der Waals surface area (Å²) in [4.78, 5) is 19.0. The number of likely N-dealkylation sites (N-methyl/N-ethyl adjacent to an activating group) is 1. The minimum Gasteiger partial charge on any atom is -0.471 e. The smallest absolute Gasteiger partial charge is 0.277 e. The molecule has 1 aromatic carbocycles. The van der Waals surface area contributed by atoms with E-state index in [4.69, 9.17) is 16.3 Å². The van der Waals surface area contributed by atoms with E-state index in [9.17, 15) is 13.6 Å². The van der Waals surface area contributed by atoms with E-state index >= 15 is 0 Å². The van der Waals surface area contributed by atoms with Gasteiger partial charge in [0.2, 0.25) is 11.8 Å². The first kappa shape index (κ1) is 19.6. The molecular formula is C18H21ClF2N4O2. The zero-order valence-corrected chi connectivity index (χ0v) is 15.9. The lowest BCUT2D eigenvalue weighted by molar-refractivity contribution is 0.286. The molecule has 1 aromatic heterocycles. The molecule has 0 spiro atoms. The number of benzene rings is 1. The lowest BCUT2D eigenvalue weighted by Gasteiger charge is -2.17. The van der Waals surface area contributed by atoms with Gasteiger partial charge in [-0.05, 0) is 39.1 Å². The van der Waals surface area contributed by atoms with Gasteiger partial charge in [0.05, 0.1) is 0 Å². The first-order valence-corrected chi connectivity index (χ1v) is 9.02. The summed E-state index contributed by atoms with van der Waals surface area (Å²) in [6, 6.07) is 3.26. The molecule has 0 unspecified atom stereocenters. The first-order chi connectivity index (χ1) is 12.9. The monoisotopic (exact) mass is 398 g/mol. The van der Waals surface area contributed by atoms with Crippen LogP contribution in [0.3, 0.4) is 0 Å². The third-order valence-electron chi connectivity index (χ3n) is 4.16. The van der Waals surface area contributed by atoms with Crippen LogP contribution < -0.4 is 15.6 Å². The van der Waals surface area contributed by atoms with E-state index in [1.165, 1.54) is 6.07 Å². The normalized spacial score (nSPS) is 13.9. The van der Waals surface area contributed by atoms with E-state index in [0.29, 0.717) is 12.5 Å². The topological polar surface area (TPSA) is 59.4 Å². The highest BCUT2D eigenvalue weighted by Gasteiger charge is 2.30. The van der Waals surface area contributed by atoms with Crippen LogP contribution in [-0.2, 0) is 6.61 Å². The second kappa shape index (κ2) is 8.22. The number of hydrogen-bond donors (Lipinski definition) is 1. The van der Waals surface area contributed by atoms with Gasteiger partial charge in [-0.1, -0.05) is 11.6 Å². The number of hydrogen-bond acceptors (Lipinski definition) is 5. The maximum atomic E-state index is 13.8. The van der Waals surface area contributed by atoms with Crippen LogP contribution in [-0.4, -0.2) is 41.6 Å². The van der Waals surface area contributed by atoms with Gasteiger partial charge in [-0.3, -0.25) is 9.36 Å². The first-order valence-electron chi connectivity index (χ1n) is 8.64. The Morgan fingerprint density at radius 2 is 2.11 bits per heavy atom. The maximum Gasteiger partial charge on any atom is 0.277 e. The Hall–Kier alpha value is -2.19. The summed E-state index contributed by atoms with van der Waals surface area (Å²) in [5.74, 6) is -1.11. The van der Waals surface area contributed by atoms with Crippen molar-refractivity contribution in [3.05, 3.63) is 50.8 Å². The van der Waals surface area contributed by atoms with Crippen LogP contribution >= 0.6 is 11.6 Å². The SMILES string of the molecule is CN(C)CCNc1nc(OCc2ccc(F)cc2F)c(Cl)c(=O)n1C1CC1. The molecule has 27 heavy (non-hydrogen) atoms. The van der Waals surface area contributed by atoms with Crippen molar-refractivity contribution >= 4 is 17.5 Å². The second-order valence-electron chi connectivity index (χ2n) is 6.72. The summed E-state index contributed by atoms with van der Waals surface area (Å²) in [7, 11) is 3.88. The van der Waals surface area contributed by atoms with Crippen molar-refractivity contribution in [1.82, 2.24) is 14.5 Å². The van der Waals surface area contributed by atoms with Gasteiger partial charge < -0.3 is 15.0 Å². The molecule has 0 radical (unpaired) electrons. The van der Waals surface area contributed by atoms with Crippen LogP contribution in [0.5, 0.6) is 5.88 Å². The lowest BCUT2D eigenvalue weighted by atomic mass is 10.2. The lowest BCUT2D eigenvalue weighted by Crippen LogP contribution is -2.28. The van der Waals surface area contributed by atoms with E-state index in [1.807, 2.05) is 19.0 Å². The average Bonchev–Trinajstić information content (AvgIpc) is 3.42. The highest BCUT2D eigenvalue weighted by Crippen LogP contribution is 2.37. The van der Waals surface area contributed by atoms with Crippen molar-refractivity contribution in [2.75, 3.05) is 32.5 Å². The van der Waals surface area contributed by atoms with E-state index in [2.05, 4.69) is 10.3 Å². The van der Waals surface area contributed by atoms with E-state index < -0.39 is 17.2 Å². The maximum absolute atomic E-state index is 13.8. The van der Waals surface area contributed by atoms with E-state index in [-0.39, 0.29) is 29.1 Å². The number of anilines is 1. The third kappa shape index (κ3) is 4.75. The number of nitrogens with one attached hydrogen (secondary N) is 1. The molecule has 1 saturated carbocycles. The van der Waals surface area contributed by atoms with Gasteiger partial charge in [0.15, 0.2) is 5.02 Å². The zero-order chi connectivity index (χ0) is 19.6. The largest absolute Gasteiger partial charge is 0.471 e. The molecule has 1 N–H and O–H groups in total. The number of halogens is 3. The summed E-state index contributed by atoms with van der Waals surface area (Å²) in [6.07, 6.45) is 1.78. The Morgan fingerprint density at radius 3 is 2.74 bits per heavy atom. The molecular weight excluding hydrogens is 378 g/mol. The summed E-state index contributed by atoms with van der Waals surface area (Å²) < 4.78 is 33.8. The van der Waals surface area contributed by atoms with E-state index in [1.54, 1.807) is 4.57 Å². The van der Waals surface area contributed by atoms with Crippen molar-refractivity contribution < 1.29 is 13.5 Å². The second-order valence-corrected chi connectivity index (χ2v) is 7.09. The van der Waals surface area contributed by atoms with Crippen molar-refractivity contribution in [1.29, 1.82) is 0 Å². The molecule has 0 saturated heterocycles. The van der Waals surface area contributed by atoms with Crippen molar-refractivity contribution in [3.63, 3.8) is 0 Å². The van der Waals surface area contributed by atoms with Gasteiger partial charge in [0.1, 0.15) is 18.2 Å². The van der Waals surface area contributed by atoms with Crippen LogP contribution in [0.4, 0.5) is 14.7 Å². The molecule has 6 nitrogen and oxygen atoms in total. The Balaban J connectivity index is 1.83. The van der Waals surface area contributed by atoms with Gasteiger partial charge in [-0.25, -0.2) is 8.78 Å². The van der Waals surface area contributed by atoms with Gasteiger partial charge in [-0.2, -0.15) is 4.98 Å². The van der Waals surface area contributed by atoms with Crippen LogP contribution in [0.25, 0.3) is 0 Å². The van der Waals surface area contributed by atoms with Crippen LogP contribution in [0.15, 0.2) is 23.0 Å². The summed E-state index contributed by atoms with van der Waals surface area (Å²) in [5.41, 5.74) is -0.251. The van der Waals surface area contributed by atoms with Crippen molar-refractivity contribution in [3.8, 4) is 5.88 Å². The highest BCUT2D eigenvalue weighted by molar-refractivity contribution is 6.31. The van der Waals surface area contributed by atoms with E-state index in [0.717, 1.165) is 31.5 Å². The molecule has 1 fully saturated rings. The van der Waals surface area contributed by atoms with Crippen LogP contribution in [0, 0.1) is 11.6 Å².